The zero-order valence-electron chi connectivity index (χ0n) is 10.4. The van der Waals surface area contributed by atoms with E-state index >= 15 is 0 Å². The van der Waals surface area contributed by atoms with Gasteiger partial charge in [0.2, 0.25) is 5.28 Å². The maximum atomic E-state index is 6.06. The zero-order valence-corrected chi connectivity index (χ0v) is 11.1. The number of anilines is 2. The fourth-order valence-corrected chi connectivity index (χ4v) is 3.08. The summed E-state index contributed by atoms with van der Waals surface area (Å²) in [5.41, 5.74) is 4.82. The van der Waals surface area contributed by atoms with Crippen LogP contribution in [0.3, 0.4) is 0 Å². The van der Waals surface area contributed by atoms with E-state index in [1.165, 1.54) is 16.8 Å². The minimum absolute atomic E-state index is 0.335. The summed E-state index contributed by atoms with van der Waals surface area (Å²) < 4.78 is 0. The molecule has 1 N–H and O–H groups in total. The minimum atomic E-state index is 0.335. The van der Waals surface area contributed by atoms with Crippen molar-refractivity contribution in [3.8, 4) is 0 Å². The van der Waals surface area contributed by atoms with Crippen LogP contribution in [0.5, 0.6) is 0 Å². The molecule has 0 amide bonds. The maximum Gasteiger partial charge on any atom is 0.224 e. The molecule has 2 aliphatic heterocycles. The molecule has 5 heteroatoms. The molecule has 96 valence electrons. The van der Waals surface area contributed by atoms with Crippen LogP contribution in [0.4, 0.5) is 11.5 Å². The lowest BCUT2D eigenvalue weighted by Crippen LogP contribution is -2.17. The van der Waals surface area contributed by atoms with Gasteiger partial charge in [0.1, 0.15) is 5.82 Å². The first-order valence-corrected chi connectivity index (χ1v) is 6.82. The number of para-hydroxylation sites is 1. The van der Waals surface area contributed by atoms with Crippen molar-refractivity contribution >= 4 is 23.1 Å². The number of hydrogen-bond acceptors (Lipinski definition) is 4. The van der Waals surface area contributed by atoms with Crippen LogP contribution >= 0.6 is 11.6 Å². The molecule has 0 spiro atoms. The SMILES string of the molecule is Clc1nc2c(c(N3CCc4ccccc43)n1)CNC2. The van der Waals surface area contributed by atoms with E-state index in [0.717, 1.165) is 37.6 Å². The van der Waals surface area contributed by atoms with Crippen molar-refractivity contribution in [2.45, 2.75) is 19.5 Å². The van der Waals surface area contributed by atoms with E-state index in [1.54, 1.807) is 0 Å². The normalized spacial score (nSPS) is 16.6. The summed E-state index contributed by atoms with van der Waals surface area (Å²) in [7, 11) is 0. The molecular formula is C14H13ClN4. The smallest absolute Gasteiger partial charge is 0.224 e. The second kappa shape index (κ2) is 4.18. The third kappa shape index (κ3) is 1.71. The summed E-state index contributed by atoms with van der Waals surface area (Å²) in [6.07, 6.45) is 1.06. The van der Waals surface area contributed by atoms with Crippen LogP contribution in [-0.2, 0) is 19.5 Å². The Hall–Kier alpha value is -1.65. The highest BCUT2D eigenvalue weighted by Crippen LogP contribution is 2.37. The summed E-state index contributed by atoms with van der Waals surface area (Å²) in [5, 5.41) is 3.65. The summed E-state index contributed by atoms with van der Waals surface area (Å²) in [6, 6.07) is 8.48. The molecule has 0 aliphatic carbocycles. The highest BCUT2D eigenvalue weighted by Gasteiger charge is 2.27. The number of nitrogens with one attached hydrogen (secondary N) is 1. The quantitative estimate of drug-likeness (QED) is 0.810. The van der Waals surface area contributed by atoms with E-state index < -0.39 is 0 Å². The second-order valence-electron chi connectivity index (χ2n) is 4.88. The number of nitrogens with zero attached hydrogens (tertiary/aromatic N) is 3. The average Bonchev–Trinajstić information content (AvgIpc) is 3.03. The van der Waals surface area contributed by atoms with Crippen molar-refractivity contribution in [3.05, 3.63) is 46.4 Å². The number of aromatic nitrogens is 2. The van der Waals surface area contributed by atoms with Crippen molar-refractivity contribution in [3.63, 3.8) is 0 Å². The molecule has 0 radical (unpaired) electrons. The summed E-state index contributed by atoms with van der Waals surface area (Å²) in [4.78, 5) is 11.0. The van der Waals surface area contributed by atoms with Gasteiger partial charge in [0, 0.05) is 30.9 Å². The highest BCUT2D eigenvalue weighted by molar-refractivity contribution is 6.28. The zero-order chi connectivity index (χ0) is 12.8. The molecule has 0 fully saturated rings. The minimum Gasteiger partial charge on any atom is -0.325 e. The van der Waals surface area contributed by atoms with Crippen LogP contribution < -0.4 is 10.2 Å². The number of fused-ring (bicyclic) bond motifs is 2. The van der Waals surface area contributed by atoms with E-state index in [9.17, 15) is 0 Å². The Balaban J connectivity index is 1.87. The fourth-order valence-electron chi connectivity index (χ4n) is 2.90. The van der Waals surface area contributed by atoms with Crippen LogP contribution in [0.1, 0.15) is 16.8 Å². The van der Waals surface area contributed by atoms with Gasteiger partial charge in [-0.15, -0.1) is 0 Å². The predicted octanol–water partition coefficient (Wildman–Crippen LogP) is 2.43. The first-order chi connectivity index (χ1) is 9.33. The Morgan fingerprint density at radius 1 is 1.16 bits per heavy atom. The molecule has 0 saturated carbocycles. The van der Waals surface area contributed by atoms with E-state index in [1.807, 2.05) is 0 Å². The molecule has 2 aliphatic rings. The van der Waals surface area contributed by atoms with Crippen LogP contribution in [-0.4, -0.2) is 16.5 Å². The van der Waals surface area contributed by atoms with Gasteiger partial charge >= 0.3 is 0 Å². The van der Waals surface area contributed by atoms with E-state index in [0.29, 0.717) is 5.28 Å². The first-order valence-electron chi connectivity index (χ1n) is 6.44. The van der Waals surface area contributed by atoms with Crippen LogP contribution in [0, 0.1) is 0 Å². The van der Waals surface area contributed by atoms with Gasteiger partial charge in [-0.3, -0.25) is 0 Å². The summed E-state index contributed by atoms with van der Waals surface area (Å²) >= 11 is 6.06. The lowest BCUT2D eigenvalue weighted by molar-refractivity contribution is 0.757. The Kier molecular flexibility index (Phi) is 2.47. The molecule has 1 aromatic heterocycles. The number of halogens is 1. The van der Waals surface area contributed by atoms with E-state index in [-0.39, 0.29) is 0 Å². The molecular weight excluding hydrogens is 260 g/mol. The Morgan fingerprint density at radius 2 is 2.05 bits per heavy atom. The van der Waals surface area contributed by atoms with Gasteiger partial charge < -0.3 is 10.2 Å². The predicted molar refractivity (Wildman–Crippen MR) is 74.7 cm³/mol. The molecule has 1 aromatic carbocycles. The van der Waals surface area contributed by atoms with Gasteiger partial charge in [-0.25, -0.2) is 4.98 Å². The molecule has 4 rings (SSSR count). The van der Waals surface area contributed by atoms with Crippen molar-refractivity contribution in [1.29, 1.82) is 0 Å². The van der Waals surface area contributed by atoms with E-state index in [2.05, 4.69) is 44.5 Å². The standard InChI is InChI=1S/C14H13ClN4/c15-14-17-11-8-16-7-10(11)13(18-14)19-6-5-9-3-1-2-4-12(9)19/h1-4,16H,5-8H2. The average molecular weight is 273 g/mol. The van der Waals surface area contributed by atoms with Crippen molar-refractivity contribution < 1.29 is 0 Å². The van der Waals surface area contributed by atoms with E-state index in [4.69, 9.17) is 11.6 Å². The Labute approximate surface area is 116 Å². The first kappa shape index (κ1) is 11.2. The van der Waals surface area contributed by atoms with Crippen LogP contribution in [0.2, 0.25) is 5.28 Å². The van der Waals surface area contributed by atoms with Gasteiger partial charge in [0.15, 0.2) is 0 Å². The maximum absolute atomic E-state index is 6.06. The van der Waals surface area contributed by atoms with Gasteiger partial charge in [-0.2, -0.15) is 4.98 Å². The fraction of sp³-hybridized carbons (Fsp3) is 0.286. The monoisotopic (exact) mass is 272 g/mol. The molecule has 4 nitrogen and oxygen atoms in total. The third-order valence-corrected chi connectivity index (χ3v) is 3.95. The van der Waals surface area contributed by atoms with Gasteiger partial charge in [0.05, 0.1) is 5.69 Å². The highest BCUT2D eigenvalue weighted by atomic mass is 35.5. The van der Waals surface area contributed by atoms with Crippen molar-refractivity contribution in [2.24, 2.45) is 0 Å². The van der Waals surface area contributed by atoms with Gasteiger partial charge in [-0.05, 0) is 29.7 Å². The van der Waals surface area contributed by atoms with Crippen LogP contribution in [0.25, 0.3) is 0 Å². The van der Waals surface area contributed by atoms with Gasteiger partial charge in [-0.1, -0.05) is 18.2 Å². The largest absolute Gasteiger partial charge is 0.325 e. The van der Waals surface area contributed by atoms with Crippen LogP contribution in [0.15, 0.2) is 24.3 Å². The second-order valence-corrected chi connectivity index (χ2v) is 5.21. The van der Waals surface area contributed by atoms with Gasteiger partial charge in [0.25, 0.3) is 0 Å². The lowest BCUT2D eigenvalue weighted by atomic mass is 10.2. The Bertz CT molecular complexity index is 656. The molecule has 2 aromatic rings. The lowest BCUT2D eigenvalue weighted by Gasteiger charge is -2.21. The molecule has 0 bridgehead atoms. The number of hydrogen-bond donors (Lipinski definition) is 1. The molecule has 0 atom stereocenters. The molecule has 3 heterocycles. The van der Waals surface area contributed by atoms with Crippen molar-refractivity contribution in [2.75, 3.05) is 11.4 Å². The molecule has 0 saturated heterocycles. The Morgan fingerprint density at radius 3 is 3.00 bits per heavy atom. The summed E-state index contributed by atoms with van der Waals surface area (Å²) in [6.45, 7) is 2.56. The topological polar surface area (TPSA) is 41.1 Å². The summed E-state index contributed by atoms with van der Waals surface area (Å²) in [5.74, 6) is 0.963. The number of benzene rings is 1. The third-order valence-electron chi connectivity index (χ3n) is 3.78. The van der Waals surface area contributed by atoms with Crippen molar-refractivity contribution in [1.82, 2.24) is 15.3 Å². The number of rotatable bonds is 1. The molecule has 19 heavy (non-hydrogen) atoms. The molecule has 0 unspecified atom stereocenters.